The lowest BCUT2D eigenvalue weighted by Crippen LogP contribution is -2.03. The average Bonchev–Trinajstić information content (AvgIpc) is 2.82. The molecule has 1 aromatic carbocycles. The first-order valence-corrected chi connectivity index (χ1v) is 6.15. The highest BCUT2D eigenvalue weighted by molar-refractivity contribution is 5.59. The van der Waals surface area contributed by atoms with Crippen molar-refractivity contribution in [1.82, 2.24) is 9.55 Å². The Hall–Kier alpha value is -2.37. The molecule has 0 fully saturated rings. The van der Waals surface area contributed by atoms with Crippen LogP contribution in [0.25, 0.3) is 5.69 Å². The van der Waals surface area contributed by atoms with E-state index in [-0.39, 0.29) is 10.6 Å². The van der Waals surface area contributed by atoms with Crippen molar-refractivity contribution in [3.05, 3.63) is 46.5 Å². The molecular weight excluding hydrogens is 244 g/mol. The molecule has 2 aromatic rings. The highest BCUT2D eigenvalue weighted by Crippen LogP contribution is 2.24. The molecule has 0 unspecified atom stereocenters. The van der Waals surface area contributed by atoms with Crippen molar-refractivity contribution < 1.29 is 4.92 Å². The van der Waals surface area contributed by atoms with E-state index in [1.165, 1.54) is 0 Å². The molecule has 0 bridgehead atoms. The zero-order valence-electron chi connectivity index (χ0n) is 11.0. The molecule has 0 aliphatic rings. The van der Waals surface area contributed by atoms with Crippen LogP contribution in [0.2, 0.25) is 0 Å². The molecule has 2 rings (SSSR count). The first-order chi connectivity index (χ1) is 9.11. The maximum Gasteiger partial charge on any atom is 0.273 e. The molecule has 0 radical (unpaired) electrons. The van der Waals surface area contributed by atoms with Gasteiger partial charge < -0.3 is 9.88 Å². The number of benzene rings is 1. The van der Waals surface area contributed by atoms with Gasteiger partial charge in [0, 0.05) is 36.8 Å². The molecule has 0 amide bonds. The molecule has 0 aliphatic carbocycles. The number of hydrogen-bond acceptors (Lipinski definition) is 4. The van der Waals surface area contributed by atoms with E-state index in [4.69, 9.17) is 0 Å². The van der Waals surface area contributed by atoms with Crippen molar-refractivity contribution in [3.63, 3.8) is 0 Å². The maximum absolute atomic E-state index is 11.0. The predicted molar refractivity (Wildman–Crippen MR) is 73.7 cm³/mol. The van der Waals surface area contributed by atoms with E-state index in [9.17, 15) is 10.1 Å². The monoisotopic (exact) mass is 260 g/mol. The molecule has 0 saturated carbocycles. The summed E-state index contributed by atoms with van der Waals surface area (Å²) in [7, 11) is 0. The molecule has 0 saturated heterocycles. The van der Waals surface area contributed by atoms with Crippen molar-refractivity contribution >= 4 is 11.4 Å². The van der Waals surface area contributed by atoms with Crippen LogP contribution < -0.4 is 5.32 Å². The molecule has 6 nitrogen and oxygen atoms in total. The summed E-state index contributed by atoms with van der Waals surface area (Å²) in [5.74, 6) is 0.793. The summed E-state index contributed by atoms with van der Waals surface area (Å²) in [6.45, 7) is 4.69. The minimum absolute atomic E-state index is 0.0733. The van der Waals surface area contributed by atoms with Gasteiger partial charge in [-0.1, -0.05) is 6.92 Å². The molecule has 1 N–H and O–H groups in total. The van der Waals surface area contributed by atoms with E-state index in [1.54, 1.807) is 24.5 Å². The first-order valence-electron chi connectivity index (χ1n) is 6.15. The van der Waals surface area contributed by atoms with Gasteiger partial charge in [0.05, 0.1) is 10.6 Å². The van der Waals surface area contributed by atoms with Crippen LogP contribution in [-0.2, 0) is 0 Å². The predicted octanol–water partition coefficient (Wildman–Crippen LogP) is 2.91. The molecule has 0 aliphatic heterocycles. The number of anilines is 1. The Morgan fingerprint density at radius 1 is 1.42 bits per heavy atom. The lowest BCUT2D eigenvalue weighted by atomic mass is 10.2. The minimum atomic E-state index is -0.382. The van der Waals surface area contributed by atoms with Crippen LogP contribution in [0.5, 0.6) is 0 Å². The van der Waals surface area contributed by atoms with Gasteiger partial charge >= 0.3 is 0 Å². The number of nitrogens with one attached hydrogen (secondary N) is 1. The summed E-state index contributed by atoms with van der Waals surface area (Å²) in [6, 6.07) is 4.98. The van der Waals surface area contributed by atoms with Crippen LogP contribution in [0.1, 0.15) is 19.2 Å². The van der Waals surface area contributed by atoms with Gasteiger partial charge in [-0.3, -0.25) is 10.1 Å². The molecule has 0 atom stereocenters. The second-order valence-corrected chi connectivity index (χ2v) is 4.27. The smallest absolute Gasteiger partial charge is 0.273 e. The number of hydrogen-bond donors (Lipinski definition) is 1. The highest BCUT2D eigenvalue weighted by Gasteiger charge is 2.11. The van der Waals surface area contributed by atoms with Gasteiger partial charge in [-0.05, 0) is 19.4 Å². The van der Waals surface area contributed by atoms with E-state index in [0.717, 1.165) is 30.2 Å². The fourth-order valence-electron chi connectivity index (χ4n) is 1.86. The topological polar surface area (TPSA) is 73.0 Å². The van der Waals surface area contributed by atoms with Crippen LogP contribution in [-0.4, -0.2) is 21.0 Å². The molecule has 0 spiro atoms. The molecule has 19 heavy (non-hydrogen) atoms. The van der Waals surface area contributed by atoms with E-state index in [1.807, 2.05) is 24.5 Å². The van der Waals surface area contributed by atoms with Gasteiger partial charge in [-0.25, -0.2) is 4.98 Å². The van der Waals surface area contributed by atoms with Crippen LogP contribution in [0.15, 0.2) is 30.6 Å². The van der Waals surface area contributed by atoms with E-state index < -0.39 is 0 Å². The molecule has 1 aromatic heterocycles. The zero-order valence-corrected chi connectivity index (χ0v) is 11.0. The van der Waals surface area contributed by atoms with Gasteiger partial charge in [0.15, 0.2) is 0 Å². The third-order valence-electron chi connectivity index (χ3n) is 2.80. The van der Waals surface area contributed by atoms with Crippen LogP contribution in [0, 0.1) is 17.0 Å². The second kappa shape index (κ2) is 5.51. The largest absolute Gasteiger partial charge is 0.385 e. The summed E-state index contributed by atoms with van der Waals surface area (Å²) in [5.41, 5.74) is 1.56. The number of nitrogens with zero attached hydrogens (tertiary/aromatic N) is 3. The highest BCUT2D eigenvalue weighted by atomic mass is 16.6. The lowest BCUT2D eigenvalue weighted by Gasteiger charge is -2.09. The number of nitro benzene ring substituents is 1. The standard InChI is InChI=1S/C13H16N4O2/c1-3-4-15-11-7-12(9-13(8-11)17(18)19)16-6-5-14-10(16)2/h5-9,15H,3-4H2,1-2H3. The van der Waals surface area contributed by atoms with Crippen molar-refractivity contribution in [1.29, 1.82) is 0 Å². The Bertz CT molecular complexity index is 592. The van der Waals surface area contributed by atoms with Gasteiger partial charge in [-0.2, -0.15) is 0 Å². The molecule has 6 heteroatoms. The van der Waals surface area contributed by atoms with Crippen LogP contribution in [0.4, 0.5) is 11.4 Å². The summed E-state index contributed by atoms with van der Waals surface area (Å²) < 4.78 is 1.82. The number of aryl methyl sites for hydroxylation is 1. The quantitative estimate of drug-likeness (QED) is 0.662. The normalized spacial score (nSPS) is 10.4. The van der Waals surface area contributed by atoms with Gasteiger partial charge in [-0.15, -0.1) is 0 Å². The Morgan fingerprint density at radius 2 is 2.21 bits per heavy atom. The number of non-ortho nitro benzene ring substituents is 1. The number of rotatable bonds is 5. The summed E-state index contributed by atoms with van der Waals surface area (Å²) in [6.07, 6.45) is 4.42. The second-order valence-electron chi connectivity index (χ2n) is 4.27. The van der Waals surface area contributed by atoms with Gasteiger partial charge in [0.1, 0.15) is 5.82 Å². The molecular formula is C13H16N4O2. The zero-order chi connectivity index (χ0) is 13.8. The Kier molecular flexibility index (Phi) is 3.79. The fraction of sp³-hybridized carbons (Fsp3) is 0.308. The number of imidazole rings is 1. The van der Waals surface area contributed by atoms with Crippen molar-refractivity contribution in [2.24, 2.45) is 0 Å². The van der Waals surface area contributed by atoms with Crippen LogP contribution >= 0.6 is 0 Å². The number of nitro groups is 1. The maximum atomic E-state index is 11.0. The van der Waals surface area contributed by atoms with Gasteiger partial charge in [0.25, 0.3) is 5.69 Å². The van der Waals surface area contributed by atoms with Crippen molar-refractivity contribution in [2.75, 3.05) is 11.9 Å². The Balaban J connectivity index is 2.45. The SMILES string of the molecule is CCCNc1cc(-n2ccnc2C)cc([N+](=O)[O-])c1. The third kappa shape index (κ3) is 2.90. The number of aromatic nitrogens is 2. The summed E-state index contributed by atoms with van der Waals surface area (Å²) in [5, 5.41) is 14.2. The van der Waals surface area contributed by atoms with E-state index in [0.29, 0.717) is 0 Å². The Labute approximate surface area is 111 Å². The van der Waals surface area contributed by atoms with Crippen molar-refractivity contribution in [3.8, 4) is 5.69 Å². The summed E-state index contributed by atoms with van der Waals surface area (Å²) in [4.78, 5) is 14.7. The average molecular weight is 260 g/mol. The van der Waals surface area contributed by atoms with Gasteiger partial charge in [0.2, 0.25) is 0 Å². The van der Waals surface area contributed by atoms with E-state index in [2.05, 4.69) is 10.3 Å². The summed E-state index contributed by atoms with van der Waals surface area (Å²) >= 11 is 0. The van der Waals surface area contributed by atoms with Crippen molar-refractivity contribution in [2.45, 2.75) is 20.3 Å². The van der Waals surface area contributed by atoms with E-state index >= 15 is 0 Å². The molecule has 100 valence electrons. The third-order valence-corrected chi connectivity index (χ3v) is 2.80. The molecule has 1 heterocycles. The minimum Gasteiger partial charge on any atom is -0.385 e. The first kappa shape index (κ1) is 13.1. The Morgan fingerprint density at radius 3 is 2.79 bits per heavy atom. The van der Waals surface area contributed by atoms with Crippen LogP contribution in [0.3, 0.4) is 0 Å². The lowest BCUT2D eigenvalue weighted by molar-refractivity contribution is -0.384. The fourth-order valence-corrected chi connectivity index (χ4v) is 1.86.